The van der Waals surface area contributed by atoms with E-state index >= 15 is 0 Å². The number of carbonyl (C=O) groups is 1. The van der Waals surface area contributed by atoms with Crippen LogP contribution in [0.4, 0.5) is 4.79 Å². The van der Waals surface area contributed by atoms with Crippen LogP contribution in [-0.4, -0.2) is 55.0 Å². The summed E-state index contributed by atoms with van der Waals surface area (Å²) in [5.74, 6) is 0. The second kappa shape index (κ2) is 7.64. The van der Waals surface area contributed by atoms with Gasteiger partial charge >= 0.3 is 6.09 Å². The maximum absolute atomic E-state index is 13.0. The van der Waals surface area contributed by atoms with Crippen LogP contribution in [0.15, 0.2) is 24.3 Å². The Morgan fingerprint density at radius 1 is 1.28 bits per heavy atom. The van der Waals surface area contributed by atoms with Gasteiger partial charge < -0.3 is 10.0 Å². The Labute approximate surface area is 157 Å². The van der Waals surface area contributed by atoms with E-state index < -0.39 is 17.1 Å². The number of hydrogen-bond acceptors (Lipinski definition) is 2. The topological polar surface area (TPSA) is 60.9 Å². The van der Waals surface area contributed by atoms with Crippen molar-refractivity contribution in [2.45, 2.75) is 50.3 Å². The van der Waals surface area contributed by atoms with Crippen molar-refractivity contribution < 1.29 is 14.1 Å². The van der Waals surface area contributed by atoms with Crippen molar-refractivity contribution in [3.05, 3.63) is 34.9 Å². The Hall–Kier alpha value is -1.11. The Bertz CT molecular complexity index is 635. The van der Waals surface area contributed by atoms with Gasteiger partial charge in [0.2, 0.25) is 0 Å². The largest absolute Gasteiger partial charge is 0.465 e. The van der Waals surface area contributed by atoms with Crippen molar-refractivity contribution in [1.82, 2.24) is 9.21 Å². The lowest BCUT2D eigenvalue weighted by molar-refractivity contribution is 0.0823. The molecule has 2 rings (SSSR count). The second-order valence-electron chi connectivity index (χ2n) is 7.66. The van der Waals surface area contributed by atoms with Gasteiger partial charge in [0.1, 0.15) is 0 Å². The lowest BCUT2D eigenvalue weighted by Gasteiger charge is -2.47. The van der Waals surface area contributed by atoms with Crippen LogP contribution < -0.4 is 0 Å². The van der Waals surface area contributed by atoms with Crippen LogP contribution >= 0.6 is 11.6 Å². The molecule has 1 N–H and O–H groups in total. The molecule has 1 fully saturated rings. The predicted octanol–water partition coefficient (Wildman–Crippen LogP) is 3.79. The highest BCUT2D eigenvalue weighted by atomic mass is 35.5. The lowest BCUT2D eigenvalue weighted by atomic mass is 9.82. The highest BCUT2D eigenvalue weighted by Crippen LogP contribution is 2.35. The molecule has 1 aliphatic rings. The number of likely N-dealkylation sites (tertiary alicyclic amines) is 1. The van der Waals surface area contributed by atoms with E-state index in [1.165, 1.54) is 4.90 Å². The molecule has 1 heterocycles. The molecule has 5 nitrogen and oxygen atoms in total. The van der Waals surface area contributed by atoms with Crippen LogP contribution in [0.1, 0.15) is 39.2 Å². The minimum absolute atomic E-state index is 0.335. The summed E-state index contributed by atoms with van der Waals surface area (Å²) in [5, 5.41) is 9.93. The number of rotatable bonds is 4. The number of piperidine rings is 1. The quantitative estimate of drug-likeness (QED) is 0.856. The van der Waals surface area contributed by atoms with Crippen molar-refractivity contribution in [1.29, 1.82) is 0 Å². The van der Waals surface area contributed by atoms with E-state index in [-0.39, 0.29) is 10.3 Å². The first-order chi connectivity index (χ1) is 11.5. The third-order valence-corrected chi connectivity index (χ3v) is 7.04. The first-order valence-corrected chi connectivity index (χ1v) is 9.92. The summed E-state index contributed by atoms with van der Waals surface area (Å²) in [6.45, 7) is 6.79. The molecular weight excluding hydrogens is 360 g/mol. The first-order valence-electron chi connectivity index (χ1n) is 8.43. The molecule has 0 bridgehead atoms. The molecule has 7 heteroatoms. The van der Waals surface area contributed by atoms with Crippen LogP contribution in [0.3, 0.4) is 0 Å². The molecule has 1 saturated heterocycles. The summed E-state index contributed by atoms with van der Waals surface area (Å²) < 4.78 is 14.6. The third kappa shape index (κ3) is 4.74. The molecule has 1 atom stereocenters. The van der Waals surface area contributed by atoms with Gasteiger partial charge in [-0.05, 0) is 57.7 Å². The minimum Gasteiger partial charge on any atom is -0.465 e. The molecule has 25 heavy (non-hydrogen) atoms. The van der Waals surface area contributed by atoms with Gasteiger partial charge in [-0.15, -0.1) is 0 Å². The summed E-state index contributed by atoms with van der Waals surface area (Å²) in [5.41, 5.74) is 0.781. The summed E-state index contributed by atoms with van der Waals surface area (Å²) in [4.78, 5) is 12.7. The molecule has 140 valence electrons. The van der Waals surface area contributed by atoms with Crippen molar-refractivity contribution in [2.24, 2.45) is 0 Å². The molecule has 0 radical (unpaired) electrons. The molecule has 0 aliphatic carbocycles. The van der Waals surface area contributed by atoms with Crippen LogP contribution in [0.5, 0.6) is 0 Å². The average molecular weight is 387 g/mol. The van der Waals surface area contributed by atoms with Gasteiger partial charge in [0.05, 0.1) is 15.7 Å². The Balaban J connectivity index is 2.30. The number of likely N-dealkylation sites (N-methyl/N-ethyl adjacent to an activating group) is 1. The zero-order valence-electron chi connectivity index (χ0n) is 15.3. The summed E-state index contributed by atoms with van der Waals surface area (Å²) >= 11 is 5.98. The molecule has 0 aromatic heterocycles. The van der Waals surface area contributed by atoms with Crippen LogP contribution in [0.25, 0.3) is 0 Å². The monoisotopic (exact) mass is 386 g/mol. The molecule has 1 aromatic carbocycles. The normalized spacial score (nSPS) is 19.0. The number of carboxylic acid groups (broad SMARTS) is 1. The van der Waals surface area contributed by atoms with E-state index in [1.54, 1.807) is 0 Å². The third-order valence-electron chi connectivity index (χ3n) is 4.85. The number of halogens is 1. The zero-order valence-corrected chi connectivity index (χ0v) is 16.9. The highest BCUT2D eigenvalue weighted by molar-refractivity contribution is 7.84. The highest BCUT2D eigenvalue weighted by Gasteiger charge is 2.43. The van der Waals surface area contributed by atoms with E-state index in [0.717, 1.165) is 12.0 Å². The fourth-order valence-corrected chi connectivity index (χ4v) is 4.83. The van der Waals surface area contributed by atoms with Crippen molar-refractivity contribution >= 4 is 28.7 Å². The molecular formula is C18H27ClN2O3S. The Kier molecular flexibility index (Phi) is 6.17. The predicted molar refractivity (Wildman–Crippen MR) is 102 cm³/mol. The van der Waals surface area contributed by atoms with Crippen molar-refractivity contribution in [2.75, 3.05) is 20.1 Å². The Morgan fingerprint density at radius 3 is 2.24 bits per heavy atom. The number of benzene rings is 1. The maximum atomic E-state index is 13.0. The van der Waals surface area contributed by atoms with E-state index in [4.69, 9.17) is 11.6 Å². The Morgan fingerprint density at radius 2 is 1.80 bits per heavy atom. The van der Waals surface area contributed by atoms with Crippen LogP contribution in [0.2, 0.25) is 5.02 Å². The summed E-state index contributed by atoms with van der Waals surface area (Å²) in [7, 11) is 0.719. The van der Waals surface area contributed by atoms with Crippen molar-refractivity contribution in [3.8, 4) is 0 Å². The fraction of sp³-hybridized carbons (Fsp3) is 0.611. The van der Waals surface area contributed by atoms with Crippen molar-refractivity contribution in [3.63, 3.8) is 0 Å². The fourth-order valence-electron chi connectivity index (χ4n) is 3.29. The number of hydrogen-bond donors (Lipinski definition) is 1. The summed E-state index contributed by atoms with van der Waals surface area (Å²) in [6, 6.07) is 7.69. The van der Waals surface area contributed by atoms with E-state index in [1.807, 2.05) is 56.4 Å². The first kappa shape index (κ1) is 20.2. The van der Waals surface area contributed by atoms with Gasteiger partial charge in [-0.2, -0.15) is 0 Å². The van der Waals surface area contributed by atoms with E-state index in [2.05, 4.69) is 0 Å². The van der Waals surface area contributed by atoms with Gasteiger partial charge in [-0.25, -0.2) is 13.3 Å². The van der Waals surface area contributed by atoms with E-state index in [0.29, 0.717) is 31.0 Å². The average Bonchev–Trinajstić information content (AvgIpc) is 2.55. The maximum Gasteiger partial charge on any atom is 0.407 e. The van der Waals surface area contributed by atoms with Crippen LogP contribution in [-0.2, 0) is 17.4 Å². The molecule has 1 aliphatic heterocycles. The van der Waals surface area contributed by atoms with Gasteiger partial charge in [-0.3, -0.25) is 0 Å². The lowest BCUT2D eigenvalue weighted by Crippen LogP contribution is -2.58. The molecule has 1 unspecified atom stereocenters. The molecule has 0 spiro atoms. The van der Waals surface area contributed by atoms with Gasteiger partial charge in [-0.1, -0.05) is 23.7 Å². The molecule has 1 aromatic rings. The number of nitrogens with zero attached hydrogens (tertiary/aromatic N) is 2. The smallest absolute Gasteiger partial charge is 0.407 e. The van der Waals surface area contributed by atoms with Crippen LogP contribution in [0, 0.1) is 0 Å². The second-order valence-corrected chi connectivity index (χ2v) is 10.4. The van der Waals surface area contributed by atoms with Gasteiger partial charge in [0.25, 0.3) is 0 Å². The molecule has 1 amide bonds. The standard InChI is InChI=1S/C18H27ClN2O3S/c1-17(2,3)25(24)20(4)18(9-11-21(12-10-18)16(22)23)13-14-5-7-15(19)8-6-14/h5-8H,9-13H2,1-4H3,(H,22,23). The SMILES string of the molecule is CN(S(=O)C(C)(C)C)C1(Cc2ccc(Cl)cc2)CCN(C(=O)O)CC1. The van der Waals surface area contributed by atoms with Gasteiger partial charge in [0.15, 0.2) is 0 Å². The minimum atomic E-state index is -1.18. The number of amides is 1. The van der Waals surface area contributed by atoms with E-state index in [9.17, 15) is 14.1 Å². The summed E-state index contributed by atoms with van der Waals surface area (Å²) in [6.07, 6.45) is 1.14. The van der Waals surface area contributed by atoms with Gasteiger partial charge in [0, 0.05) is 30.7 Å². The zero-order chi connectivity index (χ0) is 18.8. The molecule has 0 saturated carbocycles.